The number of benzene rings is 2. The van der Waals surface area contributed by atoms with Gasteiger partial charge >= 0.3 is 5.97 Å². The number of amides is 1. The van der Waals surface area contributed by atoms with Crippen LogP contribution in [0.4, 0.5) is 5.13 Å². The van der Waals surface area contributed by atoms with Crippen LogP contribution in [0.15, 0.2) is 69.9 Å². The number of likely N-dealkylation sites (N-methyl/N-ethyl adjacent to an activating group) is 1. The number of aromatic nitrogens is 1. The lowest BCUT2D eigenvalue weighted by molar-refractivity contribution is -0.122. The van der Waals surface area contributed by atoms with Crippen LogP contribution in [0.3, 0.4) is 0 Å². The third-order valence-electron chi connectivity index (χ3n) is 4.59. The molecular weight excluding hydrogens is 430 g/mol. The molecule has 1 aliphatic rings. The van der Waals surface area contributed by atoms with E-state index in [2.05, 4.69) is 9.98 Å². The van der Waals surface area contributed by atoms with Gasteiger partial charge in [0.15, 0.2) is 5.17 Å². The van der Waals surface area contributed by atoms with Gasteiger partial charge in [0.05, 0.1) is 23.3 Å². The molecule has 31 heavy (non-hydrogen) atoms. The van der Waals surface area contributed by atoms with E-state index in [4.69, 9.17) is 4.74 Å². The number of carbonyl (C=O) groups is 2. The molecule has 0 N–H and O–H groups in total. The van der Waals surface area contributed by atoms with Gasteiger partial charge in [-0.25, -0.2) is 9.78 Å². The van der Waals surface area contributed by atoms with Crippen LogP contribution in [0.1, 0.15) is 22.8 Å². The molecule has 0 saturated carbocycles. The van der Waals surface area contributed by atoms with Gasteiger partial charge in [-0.1, -0.05) is 42.5 Å². The number of hydrogen-bond acceptors (Lipinski definition) is 7. The normalized spacial score (nSPS) is 16.3. The van der Waals surface area contributed by atoms with Crippen LogP contribution in [0.25, 0.3) is 17.3 Å². The predicted molar refractivity (Wildman–Crippen MR) is 125 cm³/mol. The third kappa shape index (κ3) is 4.60. The summed E-state index contributed by atoms with van der Waals surface area (Å²) in [5.41, 5.74) is 3.18. The number of aliphatic imine (C=N–C) groups is 1. The average Bonchev–Trinajstić information content (AvgIpc) is 3.39. The fourth-order valence-corrected chi connectivity index (χ4v) is 4.79. The summed E-state index contributed by atoms with van der Waals surface area (Å²) in [4.78, 5) is 35.9. The Morgan fingerprint density at radius 3 is 2.58 bits per heavy atom. The van der Waals surface area contributed by atoms with Gasteiger partial charge in [-0.2, -0.15) is 4.99 Å². The van der Waals surface area contributed by atoms with Crippen molar-refractivity contribution in [2.75, 3.05) is 13.7 Å². The highest BCUT2D eigenvalue weighted by molar-refractivity contribution is 8.18. The van der Waals surface area contributed by atoms with E-state index >= 15 is 0 Å². The van der Waals surface area contributed by atoms with Crippen molar-refractivity contribution in [3.05, 3.63) is 76.0 Å². The molecule has 1 fully saturated rings. The first-order valence-electron chi connectivity index (χ1n) is 9.58. The minimum Gasteiger partial charge on any atom is -0.465 e. The number of carbonyl (C=O) groups excluding carboxylic acids is 2. The van der Waals surface area contributed by atoms with Crippen molar-refractivity contribution in [1.29, 1.82) is 0 Å². The zero-order valence-corrected chi connectivity index (χ0v) is 18.6. The molecule has 0 radical (unpaired) electrons. The Labute approximate surface area is 188 Å². The van der Waals surface area contributed by atoms with Crippen molar-refractivity contribution in [2.24, 2.45) is 4.99 Å². The van der Waals surface area contributed by atoms with Gasteiger partial charge in [-0.05, 0) is 42.5 Å². The van der Waals surface area contributed by atoms with E-state index in [1.165, 1.54) is 30.2 Å². The second-order valence-corrected chi connectivity index (χ2v) is 8.40. The first-order chi connectivity index (χ1) is 15.1. The third-order valence-corrected chi connectivity index (χ3v) is 6.33. The van der Waals surface area contributed by atoms with Crippen molar-refractivity contribution < 1.29 is 14.3 Å². The quantitative estimate of drug-likeness (QED) is 0.394. The van der Waals surface area contributed by atoms with E-state index in [0.29, 0.717) is 27.3 Å². The smallest absolute Gasteiger partial charge is 0.337 e. The number of methoxy groups -OCH3 is 1. The SMILES string of the molecule is CCN1C(=O)/C(=C/c2ccc(C(=O)OC)cc2)S/C1=N/c1nc(-c2ccccc2)cs1. The summed E-state index contributed by atoms with van der Waals surface area (Å²) in [6, 6.07) is 16.8. The van der Waals surface area contributed by atoms with Crippen molar-refractivity contribution >= 4 is 51.4 Å². The van der Waals surface area contributed by atoms with Gasteiger partial charge in [0.2, 0.25) is 5.13 Å². The molecule has 0 bridgehead atoms. The molecule has 0 spiro atoms. The lowest BCUT2D eigenvalue weighted by Crippen LogP contribution is -2.28. The van der Waals surface area contributed by atoms with Gasteiger partial charge in [-0.15, -0.1) is 11.3 Å². The maximum atomic E-state index is 12.9. The molecule has 0 aliphatic carbocycles. The fourth-order valence-electron chi connectivity index (χ4n) is 2.99. The monoisotopic (exact) mass is 449 g/mol. The zero-order valence-electron chi connectivity index (χ0n) is 16.9. The minimum atomic E-state index is -0.393. The maximum Gasteiger partial charge on any atom is 0.337 e. The van der Waals surface area contributed by atoms with Gasteiger partial charge in [0.1, 0.15) is 0 Å². The molecule has 156 valence electrons. The van der Waals surface area contributed by atoms with Crippen LogP contribution in [0, 0.1) is 0 Å². The van der Waals surface area contributed by atoms with Crippen molar-refractivity contribution in [3.8, 4) is 11.3 Å². The number of ether oxygens (including phenoxy) is 1. The number of nitrogens with zero attached hydrogens (tertiary/aromatic N) is 3. The average molecular weight is 450 g/mol. The minimum absolute atomic E-state index is 0.0943. The first-order valence-corrected chi connectivity index (χ1v) is 11.3. The number of hydrogen-bond donors (Lipinski definition) is 0. The standard InChI is InChI=1S/C23H19N3O3S2/c1-3-26-20(27)19(13-15-9-11-17(12-10-15)21(28)29-2)31-23(26)25-22-24-18(14-30-22)16-7-5-4-6-8-16/h4-14H,3H2,1-2H3/b19-13-,25-23+. The lowest BCUT2D eigenvalue weighted by atomic mass is 10.1. The molecule has 0 unspecified atom stereocenters. The van der Waals surface area contributed by atoms with Gasteiger partial charge in [0.25, 0.3) is 5.91 Å². The number of esters is 1. The molecule has 2 heterocycles. The van der Waals surface area contributed by atoms with Crippen molar-refractivity contribution in [2.45, 2.75) is 6.92 Å². The van der Waals surface area contributed by atoms with E-state index in [0.717, 1.165) is 16.8 Å². The largest absolute Gasteiger partial charge is 0.465 e. The van der Waals surface area contributed by atoms with Crippen LogP contribution in [0.2, 0.25) is 0 Å². The van der Waals surface area contributed by atoms with E-state index < -0.39 is 5.97 Å². The Morgan fingerprint density at radius 2 is 1.90 bits per heavy atom. The molecular formula is C23H19N3O3S2. The van der Waals surface area contributed by atoms with E-state index in [9.17, 15) is 9.59 Å². The molecule has 1 aromatic heterocycles. The van der Waals surface area contributed by atoms with Crippen molar-refractivity contribution in [3.63, 3.8) is 0 Å². The first kappa shape index (κ1) is 21.0. The van der Waals surface area contributed by atoms with Crippen LogP contribution in [-0.4, -0.2) is 40.6 Å². The second-order valence-electron chi connectivity index (χ2n) is 6.55. The van der Waals surface area contributed by atoms with Crippen LogP contribution >= 0.6 is 23.1 Å². The lowest BCUT2D eigenvalue weighted by Gasteiger charge is -2.11. The molecule has 4 rings (SSSR count). The summed E-state index contributed by atoms with van der Waals surface area (Å²) >= 11 is 2.77. The predicted octanol–water partition coefficient (Wildman–Crippen LogP) is 5.22. The molecule has 8 heteroatoms. The Balaban J connectivity index is 1.58. The number of thiazole rings is 1. The van der Waals surface area contributed by atoms with Gasteiger partial charge in [-0.3, -0.25) is 9.69 Å². The van der Waals surface area contributed by atoms with E-state index in [1.807, 2.05) is 42.6 Å². The highest BCUT2D eigenvalue weighted by Gasteiger charge is 2.32. The van der Waals surface area contributed by atoms with Crippen LogP contribution < -0.4 is 0 Å². The van der Waals surface area contributed by atoms with Crippen molar-refractivity contribution in [1.82, 2.24) is 9.88 Å². The highest BCUT2D eigenvalue weighted by atomic mass is 32.2. The molecule has 1 amide bonds. The topological polar surface area (TPSA) is 71.9 Å². The summed E-state index contributed by atoms with van der Waals surface area (Å²) in [5.74, 6) is -0.487. The van der Waals surface area contributed by atoms with Crippen LogP contribution in [-0.2, 0) is 9.53 Å². The molecule has 1 saturated heterocycles. The van der Waals surface area contributed by atoms with E-state index in [1.54, 1.807) is 35.2 Å². The summed E-state index contributed by atoms with van der Waals surface area (Å²) in [6.45, 7) is 2.43. The maximum absolute atomic E-state index is 12.9. The zero-order chi connectivity index (χ0) is 21.8. The van der Waals surface area contributed by atoms with Gasteiger partial charge < -0.3 is 4.74 Å². The second kappa shape index (κ2) is 9.28. The Bertz CT molecular complexity index is 1170. The number of thioether (sulfide) groups is 1. The molecule has 1 aliphatic heterocycles. The molecule has 6 nitrogen and oxygen atoms in total. The summed E-state index contributed by atoms with van der Waals surface area (Å²) in [6.07, 6.45) is 1.80. The molecule has 0 atom stereocenters. The summed E-state index contributed by atoms with van der Waals surface area (Å²) in [7, 11) is 1.34. The number of amidine groups is 1. The molecule has 3 aromatic rings. The fraction of sp³-hybridized carbons (Fsp3) is 0.130. The molecule has 2 aromatic carbocycles. The summed E-state index contributed by atoms with van der Waals surface area (Å²) < 4.78 is 4.72. The summed E-state index contributed by atoms with van der Waals surface area (Å²) in [5, 5.41) is 3.18. The highest BCUT2D eigenvalue weighted by Crippen LogP contribution is 2.35. The Morgan fingerprint density at radius 1 is 1.16 bits per heavy atom. The Hall–Kier alpha value is -3.23. The van der Waals surface area contributed by atoms with Crippen LogP contribution in [0.5, 0.6) is 0 Å². The van der Waals surface area contributed by atoms with Gasteiger partial charge in [0, 0.05) is 17.5 Å². The van der Waals surface area contributed by atoms with E-state index in [-0.39, 0.29) is 5.91 Å². The number of rotatable bonds is 5. The Kier molecular flexibility index (Phi) is 6.29.